The van der Waals surface area contributed by atoms with Gasteiger partial charge >= 0.3 is 0 Å². The van der Waals surface area contributed by atoms with Crippen molar-refractivity contribution in [2.24, 2.45) is 0 Å². The number of benzene rings is 1. The maximum atomic E-state index is 12.8. The van der Waals surface area contributed by atoms with Crippen LogP contribution in [0.5, 0.6) is 0 Å². The molecule has 4 nitrogen and oxygen atoms in total. The monoisotopic (exact) mass is 288 g/mol. The second-order valence-corrected chi connectivity index (χ2v) is 4.41. The lowest BCUT2D eigenvalue weighted by Gasteiger charge is -2.07. The van der Waals surface area contributed by atoms with Crippen molar-refractivity contribution < 1.29 is 13.9 Å². The molecule has 1 aromatic carbocycles. The van der Waals surface area contributed by atoms with E-state index in [0.29, 0.717) is 37.7 Å². The van der Waals surface area contributed by atoms with Crippen molar-refractivity contribution in [3.8, 4) is 0 Å². The van der Waals surface area contributed by atoms with E-state index in [0.717, 1.165) is 5.56 Å². The summed E-state index contributed by atoms with van der Waals surface area (Å²) in [5.41, 5.74) is 0.808. The molecular weight excluding hydrogens is 271 g/mol. The number of carbonyl (C=O) groups excluding carboxylic acids is 1. The lowest BCUT2D eigenvalue weighted by molar-refractivity contribution is -0.121. The molecule has 1 rings (SSSR count). The van der Waals surface area contributed by atoms with E-state index in [1.807, 2.05) is 0 Å². The number of nitrogens with one attached hydrogen (secondary N) is 2. The summed E-state index contributed by atoms with van der Waals surface area (Å²) in [7, 11) is 1.58. The van der Waals surface area contributed by atoms with Crippen molar-refractivity contribution in [1.82, 2.24) is 10.6 Å². The Bertz CT molecular complexity index is 416. The Balaban J connectivity index is 2.18. The third-order valence-electron chi connectivity index (χ3n) is 2.49. The zero-order valence-corrected chi connectivity index (χ0v) is 11.6. The molecule has 0 atom stereocenters. The van der Waals surface area contributed by atoms with Crippen molar-refractivity contribution in [3.05, 3.63) is 34.6 Å². The van der Waals surface area contributed by atoms with Gasteiger partial charge in [0, 0.05) is 38.2 Å². The first-order valence-electron chi connectivity index (χ1n) is 6.03. The number of methoxy groups -OCH3 is 1. The Hall–Kier alpha value is -1.17. The fourth-order valence-corrected chi connectivity index (χ4v) is 1.70. The van der Waals surface area contributed by atoms with Gasteiger partial charge in [-0.2, -0.15) is 0 Å². The smallest absolute Gasteiger partial charge is 0.221 e. The molecule has 0 aliphatic heterocycles. The molecule has 0 aromatic heterocycles. The molecule has 6 heteroatoms. The molecule has 2 N–H and O–H groups in total. The highest BCUT2D eigenvalue weighted by atomic mass is 35.5. The van der Waals surface area contributed by atoms with Crippen molar-refractivity contribution in [3.63, 3.8) is 0 Å². The Kier molecular flexibility index (Phi) is 7.40. The van der Waals surface area contributed by atoms with E-state index in [1.165, 1.54) is 12.1 Å². The average molecular weight is 289 g/mol. The first-order chi connectivity index (χ1) is 9.13. The number of amides is 1. The molecule has 106 valence electrons. The van der Waals surface area contributed by atoms with Crippen molar-refractivity contribution in [2.45, 2.75) is 13.0 Å². The quantitative estimate of drug-likeness (QED) is 0.716. The lowest BCUT2D eigenvalue weighted by Crippen LogP contribution is -2.29. The maximum absolute atomic E-state index is 12.8. The van der Waals surface area contributed by atoms with Crippen LogP contribution >= 0.6 is 11.6 Å². The molecule has 0 aliphatic rings. The molecule has 1 amide bonds. The first kappa shape index (κ1) is 15.9. The second kappa shape index (κ2) is 8.85. The predicted octanol–water partition coefficient (Wildman–Crippen LogP) is 1.72. The minimum absolute atomic E-state index is 0.0326. The third kappa shape index (κ3) is 6.52. The topological polar surface area (TPSA) is 50.4 Å². The van der Waals surface area contributed by atoms with Crippen LogP contribution in [0.15, 0.2) is 18.2 Å². The van der Waals surface area contributed by atoms with Crippen molar-refractivity contribution >= 4 is 17.5 Å². The van der Waals surface area contributed by atoms with Crippen LogP contribution in [0.4, 0.5) is 4.39 Å². The molecule has 0 bridgehead atoms. The highest BCUT2D eigenvalue weighted by molar-refractivity contribution is 6.31. The molecule has 0 aliphatic carbocycles. The van der Waals surface area contributed by atoms with Gasteiger partial charge in [0.2, 0.25) is 5.91 Å². The summed E-state index contributed by atoms with van der Waals surface area (Å²) in [6, 6.07) is 4.26. The number of halogens is 2. The molecule has 0 fully saturated rings. The van der Waals surface area contributed by atoms with Gasteiger partial charge in [-0.1, -0.05) is 17.7 Å². The largest absolute Gasteiger partial charge is 0.383 e. The Morgan fingerprint density at radius 2 is 2.21 bits per heavy atom. The van der Waals surface area contributed by atoms with Crippen LogP contribution in [0.2, 0.25) is 5.02 Å². The highest BCUT2D eigenvalue weighted by Gasteiger charge is 2.03. The first-order valence-corrected chi connectivity index (χ1v) is 6.41. The van der Waals surface area contributed by atoms with E-state index in [4.69, 9.17) is 16.3 Å². The normalized spacial score (nSPS) is 10.5. The van der Waals surface area contributed by atoms with Gasteiger partial charge in [0.1, 0.15) is 5.82 Å². The van der Waals surface area contributed by atoms with Crippen LogP contribution < -0.4 is 10.6 Å². The van der Waals surface area contributed by atoms with Gasteiger partial charge in [-0.05, 0) is 17.7 Å². The summed E-state index contributed by atoms with van der Waals surface area (Å²) < 4.78 is 17.6. The van der Waals surface area contributed by atoms with Gasteiger partial charge in [0.15, 0.2) is 0 Å². The van der Waals surface area contributed by atoms with Crippen LogP contribution in [0.25, 0.3) is 0 Å². The standard InChI is InChI=1S/C13H18ClFN2O2/c1-19-7-6-17-13(18)4-5-16-9-10-2-3-11(15)8-12(10)14/h2-3,8,16H,4-7,9H2,1H3,(H,17,18). The zero-order chi connectivity index (χ0) is 14.1. The fourth-order valence-electron chi connectivity index (χ4n) is 1.47. The third-order valence-corrected chi connectivity index (χ3v) is 2.84. The number of hydrogen-bond donors (Lipinski definition) is 2. The number of rotatable bonds is 8. The molecule has 0 heterocycles. The lowest BCUT2D eigenvalue weighted by atomic mass is 10.2. The van der Waals surface area contributed by atoms with E-state index in [9.17, 15) is 9.18 Å². The summed E-state index contributed by atoms with van der Waals surface area (Å²) in [5, 5.41) is 6.19. The molecule has 0 radical (unpaired) electrons. The summed E-state index contributed by atoms with van der Waals surface area (Å²) in [5.74, 6) is -0.388. The molecule has 0 unspecified atom stereocenters. The van der Waals surface area contributed by atoms with Gasteiger partial charge < -0.3 is 15.4 Å². The minimum Gasteiger partial charge on any atom is -0.383 e. The Morgan fingerprint density at radius 3 is 2.89 bits per heavy atom. The summed E-state index contributed by atoms with van der Waals surface area (Å²) in [6.45, 7) is 2.06. The van der Waals surface area contributed by atoms with Crippen LogP contribution in [0.3, 0.4) is 0 Å². The summed E-state index contributed by atoms with van der Waals surface area (Å²) >= 11 is 5.88. The molecule has 0 spiro atoms. The molecule has 0 saturated heterocycles. The van der Waals surface area contributed by atoms with Gasteiger partial charge in [0.05, 0.1) is 6.61 Å². The van der Waals surface area contributed by atoms with E-state index in [-0.39, 0.29) is 11.7 Å². The Morgan fingerprint density at radius 1 is 1.42 bits per heavy atom. The van der Waals surface area contributed by atoms with Gasteiger partial charge in [-0.25, -0.2) is 4.39 Å². The molecule has 19 heavy (non-hydrogen) atoms. The molecule has 1 aromatic rings. The summed E-state index contributed by atoms with van der Waals surface area (Å²) in [4.78, 5) is 11.4. The van der Waals surface area contributed by atoms with Crippen LogP contribution in [0, 0.1) is 5.82 Å². The fraction of sp³-hybridized carbons (Fsp3) is 0.462. The summed E-state index contributed by atoms with van der Waals surface area (Å²) in [6.07, 6.45) is 0.378. The predicted molar refractivity (Wildman–Crippen MR) is 72.6 cm³/mol. The average Bonchev–Trinajstić information content (AvgIpc) is 2.37. The zero-order valence-electron chi connectivity index (χ0n) is 10.8. The number of hydrogen-bond acceptors (Lipinski definition) is 3. The van der Waals surface area contributed by atoms with Gasteiger partial charge in [-0.15, -0.1) is 0 Å². The van der Waals surface area contributed by atoms with Crippen LogP contribution in [-0.2, 0) is 16.1 Å². The Labute approximate surface area is 117 Å². The van der Waals surface area contributed by atoms with Gasteiger partial charge in [0.25, 0.3) is 0 Å². The number of carbonyl (C=O) groups is 1. The molecular formula is C13H18ClFN2O2. The minimum atomic E-state index is -0.355. The van der Waals surface area contributed by atoms with Crippen molar-refractivity contribution in [1.29, 1.82) is 0 Å². The second-order valence-electron chi connectivity index (χ2n) is 4.01. The van der Waals surface area contributed by atoms with Crippen LogP contribution in [-0.4, -0.2) is 32.7 Å². The number of ether oxygens (including phenoxy) is 1. The molecule has 0 saturated carbocycles. The van der Waals surface area contributed by atoms with E-state index in [1.54, 1.807) is 13.2 Å². The van der Waals surface area contributed by atoms with Gasteiger partial charge in [-0.3, -0.25) is 4.79 Å². The van der Waals surface area contributed by atoms with Crippen molar-refractivity contribution in [2.75, 3.05) is 26.8 Å². The van der Waals surface area contributed by atoms with E-state index >= 15 is 0 Å². The maximum Gasteiger partial charge on any atom is 0.221 e. The van der Waals surface area contributed by atoms with Crippen LogP contribution in [0.1, 0.15) is 12.0 Å². The highest BCUT2D eigenvalue weighted by Crippen LogP contribution is 2.16. The van der Waals surface area contributed by atoms with E-state index in [2.05, 4.69) is 10.6 Å². The SMILES string of the molecule is COCCNC(=O)CCNCc1ccc(F)cc1Cl. The van der Waals surface area contributed by atoms with E-state index < -0.39 is 0 Å².